The van der Waals surface area contributed by atoms with Crippen molar-refractivity contribution in [3.05, 3.63) is 51.9 Å². The van der Waals surface area contributed by atoms with Gasteiger partial charge in [0.05, 0.1) is 5.39 Å². The number of amides is 2. The van der Waals surface area contributed by atoms with Gasteiger partial charge in [0.1, 0.15) is 0 Å². The normalized spacial score (nSPS) is 14.8. The number of hydrogen-bond donors (Lipinski definition) is 1. The Hall–Kier alpha value is -3.07. The summed E-state index contributed by atoms with van der Waals surface area (Å²) in [5, 5.41) is 10.7. The summed E-state index contributed by atoms with van der Waals surface area (Å²) in [5.74, 6) is -0.413. The molecule has 1 fully saturated rings. The summed E-state index contributed by atoms with van der Waals surface area (Å²) in [6.07, 6.45) is 3.56. The third-order valence-electron chi connectivity index (χ3n) is 5.32. The van der Waals surface area contributed by atoms with Crippen molar-refractivity contribution in [2.75, 3.05) is 18.4 Å². The number of thiazole rings is 1. The number of benzene rings is 1. The third kappa shape index (κ3) is 3.97. The second kappa shape index (κ2) is 8.74. The molecule has 1 aliphatic rings. The Morgan fingerprint density at radius 3 is 2.60 bits per heavy atom. The van der Waals surface area contributed by atoms with Gasteiger partial charge in [-0.15, -0.1) is 11.3 Å². The number of aromatic nitrogens is 3. The highest BCUT2D eigenvalue weighted by Crippen LogP contribution is 2.23. The molecule has 2 amide bonds. The van der Waals surface area contributed by atoms with Crippen LogP contribution in [0.25, 0.3) is 10.8 Å². The number of carbonyl (C=O) groups is 2. The van der Waals surface area contributed by atoms with E-state index in [-0.39, 0.29) is 23.3 Å². The fourth-order valence-corrected chi connectivity index (χ4v) is 4.28. The minimum atomic E-state index is -0.199. The van der Waals surface area contributed by atoms with Gasteiger partial charge in [-0.3, -0.25) is 14.4 Å². The monoisotopic (exact) mass is 425 g/mol. The van der Waals surface area contributed by atoms with Crippen LogP contribution in [0.5, 0.6) is 0 Å². The number of anilines is 1. The molecule has 0 saturated carbocycles. The van der Waals surface area contributed by atoms with Crippen molar-refractivity contribution in [2.24, 2.45) is 5.92 Å². The molecule has 1 saturated heterocycles. The number of piperidine rings is 1. The van der Waals surface area contributed by atoms with Crippen LogP contribution in [0.2, 0.25) is 0 Å². The lowest BCUT2D eigenvalue weighted by atomic mass is 9.95. The number of rotatable bonds is 5. The molecule has 3 aromatic rings. The lowest BCUT2D eigenvalue weighted by Gasteiger charge is -2.31. The van der Waals surface area contributed by atoms with Crippen molar-refractivity contribution in [3.8, 4) is 0 Å². The first kappa shape index (κ1) is 20.2. The van der Waals surface area contributed by atoms with Crippen molar-refractivity contribution < 1.29 is 9.59 Å². The maximum Gasteiger partial charge on any atom is 0.274 e. The van der Waals surface area contributed by atoms with E-state index in [0.29, 0.717) is 54.1 Å². The Morgan fingerprint density at radius 2 is 1.93 bits per heavy atom. The standard InChI is InChI=1S/C21H23N5O3S/c1-2-10-26-19(28)16-6-4-3-5-15(16)17(24-26)20(29)25-11-7-14(8-12-25)18(27)23-21-22-9-13-30-21/h3-6,9,13-14H,2,7-8,10-12H2,1H3,(H,22,23,27). The van der Waals surface area contributed by atoms with Crippen LogP contribution in [0, 0.1) is 5.92 Å². The van der Waals surface area contributed by atoms with E-state index in [1.807, 2.05) is 12.3 Å². The van der Waals surface area contributed by atoms with Gasteiger partial charge in [-0.1, -0.05) is 25.1 Å². The van der Waals surface area contributed by atoms with E-state index in [9.17, 15) is 14.4 Å². The molecule has 30 heavy (non-hydrogen) atoms. The van der Waals surface area contributed by atoms with Crippen LogP contribution in [-0.2, 0) is 11.3 Å². The zero-order chi connectivity index (χ0) is 21.1. The van der Waals surface area contributed by atoms with Crippen molar-refractivity contribution in [3.63, 3.8) is 0 Å². The summed E-state index contributed by atoms with van der Waals surface area (Å²) in [6, 6.07) is 7.10. The smallest absolute Gasteiger partial charge is 0.274 e. The Kier molecular flexibility index (Phi) is 5.89. The molecule has 1 N–H and O–H groups in total. The molecule has 1 aromatic carbocycles. The molecule has 0 aliphatic carbocycles. The van der Waals surface area contributed by atoms with E-state index in [1.54, 1.807) is 35.4 Å². The Labute approximate surface area is 177 Å². The SMILES string of the molecule is CCCn1nc(C(=O)N2CCC(C(=O)Nc3nccs3)CC2)c2ccccc2c1=O. The summed E-state index contributed by atoms with van der Waals surface area (Å²) in [4.78, 5) is 44.1. The number of nitrogens with zero attached hydrogens (tertiary/aromatic N) is 4. The zero-order valence-corrected chi connectivity index (χ0v) is 17.5. The highest BCUT2D eigenvalue weighted by molar-refractivity contribution is 7.13. The van der Waals surface area contributed by atoms with Crippen LogP contribution in [0.4, 0.5) is 5.13 Å². The van der Waals surface area contributed by atoms with E-state index >= 15 is 0 Å². The summed E-state index contributed by atoms with van der Waals surface area (Å²) in [6.45, 7) is 3.37. The molecule has 2 aromatic heterocycles. The molecule has 0 bridgehead atoms. The average molecular weight is 426 g/mol. The Bertz CT molecular complexity index is 1120. The Balaban J connectivity index is 1.52. The highest BCUT2D eigenvalue weighted by atomic mass is 32.1. The lowest BCUT2D eigenvalue weighted by Crippen LogP contribution is -2.42. The number of likely N-dealkylation sites (tertiary alicyclic amines) is 1. The van der Waals surface area contributed by atoms with Gasteiger partial charge in [-0.05, 0) is 25.3 Å². The zero-order valence-electron chi connectivity index (χ0n) is 16.7. The van der Waals surface area contributed by atoms with E-state index in [1.165, 1.54) is 16.0 Å². The van der Waals surface area contributed by atoms with Crippen LogP contribution in [-0.4, -0.2) is 44.6 Å². The maximum absolute atomic E-state index is 13.3. The van der Waals surface area contributed by atoms with Gasteiger partial charge in [0.2, 0.25) is 5.91 Å². The molecule has 0 radical (unpaired) electrons. The highest BCUT2D eigenvalue weighted by Gasteiger charge is 2.30. The number of carbonyl (C=O) groups excluding carboxylic acids is 2. The fourth-order valence-electron chi connectivity index (χ4n) is 3.74. The van der Waals surface area contributed by atoms with Gasteiger partial charge >= 0.3 is 0 Å². The number of hydrogen-bond acceptors (Lipinski definition) is 6. The summed E-state index contributed by atoms with van der Waals surface area (Å²) >= 11 is 1.38. The molecule has 0 unspecified atom stereocenters. The first-order valence-corrected chi connectivity index (χ1v) is 11.0. The van der Waals surface area contributed by atoms with Gasteiger partial charge in [0.25, 0.3) is 11.5 Å². The molecule has 3 heterocycles. The molecule has 0 atom stereocenters. The Morgan fingerprint density at radius 1 is 1.20 bits per heavy atom. The second-order valence-corrected chi connectivity index (χ2v) is 8.21. The van der Waals surface area contributed by atoms with Gasteiger partial charge in [0.15, 0.2) is 10.8 Å². The van der Waals surface area contributed by atoms with Gasteiger partial charge in [0, 0.05) is 42.5 Å². The van der Waals surface area contributed by atoms with Crippen LogP contribution >= 0.6 is 11.3 Å². The van der Waals surface area contributed by atoms with E-state index in [0.717, 1.165) is 6.42 Å². The first-order valence-electron chi connectivity index (χ1n) is 10.1. The van der Waals surface area contributed by atoms with Crippen LogP contribution in [0.15, 0.2) is 40.6 Å². The van der Waals surface area contributed by atoms with Crippen molar-refractivity contribution in [2.45, 2.75) is 32.7 Å². The maximum atomic E-state index is 13.3. The van der Waals surface area contributed by atoms with Crippen LogP contribution < -0.4 is 10.9 Å². The molecular weight excluding hydrogens is 402 g/mol. The van der Waals surface area contributed by atoms with E-state index < -0.39 is 0 Å². The van der Waals surface area contributed by atoms with Gasteiger partial charge in [-0.2, -0.15) is 5.10 Å². The van der Waals surface area contributed by atoms with Gasteiger partial charge < -0.3 is 10.2 Å². The van der Waals surface area contributed by atoms with Crippen molar-refractivity contribution >= 4 is 39.1 Å². The lowest BCUT2D eigenvalue weighted by molar-refractivity contribution is -0.121. The van der Waals surface area contributed by atoms with E-state index in [4.69, 9.17) is 0 Å². The molecule has 8 nitrogen and oxygen atoms in total. The second-order valence-electron chi connectivity index (χ2n) is 7.32. The van der Waals surface area contributed by atoms with Crippen LogP contribution in [0.3, 0.4) is 0 Å². The van der Waals surface area contributed by atoms with Crippen molar-refractivity contribution in [1.29, 1.82) is 0 Å². The predicted molar refractivity (Wildman–Crippen MR) is 116 cm³/mol. The number of fused-ring (bicyclic) bond motifs is 1. The molecular formula is C21H23N5O3S. The summed E-state index contributed by atoms with van der Waals surface area (Å²) < 4.78 is 1.38. The predicted octanol–water partition coefficient (Wildman–Crippen LogP) is 2.75. The topological polar surface area (TPSA) is 97.2 Å². The molecule has 9 heteroatoms. The number of nitrogens with one attached hydrogen (secondary N) is 1. The summed E-state index contributed by atoms with van der Waals surface area (Å²) in [5.41, 5.74) is 0.117. The molecule has 156 valence electrons. The number of aryl methyl sites for hydroxylation is 1. The van der Waals surface area contributed by atoms with Gasteiger partial charge in [-0.25, -0.2) is 9.67 Å². The molecule has 4 rings (SSSR count). The molecule has 0 spiro atoms. The molecule has 1 aliphatic heterocycles. The van der Waals surface area contributed by atoms with Crippen LogP contribution in [0.1, 0.15) is 36.7 Å². The largest absolute Gasteiger partial charge is 0.337 e. The van der Waals surface area contributed by atoms with Crippen molar-refractivity contribution in [1.82, 2.24) is 19.7 Å². The average Bonchev–Trinajstić information content (AvgIpc) is 3.28. The fraction of sp³-hybridized carbons (Fsp3) is 0.381. The summed E-state index contributed by atoms with van der Waals surface area (Å²) in [7, 11) is 0. The third-order valence-corrected chi connectivity index (χ3v) is 6.01. The first-order chi connectivity index (χ1) is 14.6. The van der Waals surface area contributed by atoms with E-state index in [2.05, 4.69) is 15.4 Å². The quantitative estimate of drug-likeness (QED) is 0.678. The minimum Gasteiger partial charge on any atom is -0.337 e. The minimum absolute atomic E-state index is 0.0582.